The van der Waals surface area contributed by atoms with Crippen molar-refractivity contribution in [2.45, 2.75) is 12.8 Å². The van der Waals surface area contributed by atoms with Crippen LogP contribution in [0, 0.1) is 0 Å². The zero-order valence-corrected chi connectivity index (χ0v) is 10.4. The third-order valence-corrected chi connectivity index (χ3v) is 2.46. The summed E-state index contributed by atoms with van der Waals surface area (Å²) in [7, 11) is -3.45. The fraction of sp³-hybridized carbons (Fsp3) is 0.364. The van der Waals surface area contributed by atoms with Crippen LogP contribution >= 0.6 is 0 Å². The molecule has 0 spiro atoms. The van der Waals surface area contributed by atoms with E-state index in [1.54, 1.807) is 0 Å². The number of ether oxygens (including phenoxy) is 1. The van der Waals surface area contributed by atoms with Crippen LogP contribution in [0.5, 0.6) is 5.75 Å². The van der Waals surface area contributed by atoms with Crippen molar-refractivity contribution in [1.82, 2.24) is 4.72 Å². The van der Waals surface area contributed by atoms with Gasteiger partial charge < -0.3 is 4.74 Å². The number of carbonyl (C=O) groups excluding carboxylic acids is 1. The molecule has 0 aliphatic heterocycles. The van der Waals surface area contributed by atoms with Crippen LogP contribution in [0.15, 0.2) is 30.3 Å². The normalized spacial score (nSPS) is 10.9. The summed E-state index contributed by atoms with van der Waals surface area (Å²) in [5, 5.41) is 0. The average molecular weight is 257 g/mol. The molecule has 0 bridgehead atoms. The first-order chi connectivity index (χ1) is 7.97. The number of hydrogen-bond donors (Lipinski definition) is 1. The Kier molecular flexibility index (Phi) is 4.96. The van der Waals surface area contributed by atoms with Gasteiger partial charge in [0.25, 0.3) is 0 Å². The molecule has 1 aromatic carbocycles. The smallest absolute Gasteiger partial charge is 0.233 e. The summed E-state index contributed by atoms with van der Waals surface area (Å²) >= 11 is 0. The summed E-state index contributed by atoms with van der Waals surface area (Å²) in [6, 6.07) is 9.22. The van der Waals surface area contributed by atoms with Crippen molar-refractivity contribution in [2.75, 3.05) is 12.9 Å². The molecule has 17 heavy (non-hydrogen) atoms. The Balaban J connectivity index is 2.19. The number of hydrogen-bond acceptors (Lipinski definition) is 4. The lowest BCUT2D eigenvalue weighted by Gasteiger charge is -2.05. The van der Waals surface area contributed by atoms with Crippen molar-refractivity contribution in [2.24, 2.45) is 0 Å². The predicted octanol–water partition coefficient (Wildman–Crippen LogP) is 0.921. The van der Waals surface area contributed by atoms with E-state index in [0.717, 1.165) is 12.0 Å². The lowest BCUT2D eigenvalue weighted by atomic mass is 10.3. The van der Waals surface area contributed by atoms with Gasteiger partial charge in [0, 0.05) is 6.42 Å². The van der Waals surface area contributed by atoms with Crippen LogP contribution in [-0.4, -0.2) is 27.2 Å². The summed E-state index contributed by atoms with van der Waals surface area (Å²) in [5.74, 6) is 0.222. The first-order valence-electron chi connectivity index (χ1n) is 5.16. The first kappa shape index (κ1) is 13.5. The molecule has 0 aliphatic carbocycles. The summed E-state index contributed by atoms with van der Waals surface area (Å²) in [6.45, 7) is 0.376. The minimum atomic E-state index is -3.45. The van der Waals surface area contributed by atoms with Crippen LogP contribution < -0.4 is 9.46 Å². The van der Waals surface area contributed by atoms with Gasteiger partial charge in [-0.25, -0.2) is 8.42 Å². The summed E-state index contributed by atoms with van der Waals surface area (Å²) < 4.78 is 28.7. The van der Waals surface area contributed by atoms with Gasteiger partial charge in [-0.15, -0.1) is 0 Å². The largest absolute Gasteiger partial charge is 0.494 e. The maximum absolute atomic E-state index is 11.1. The third-order valence-electron chi connectivity index (χ3n) is 1.86. The van der Waals surface area contributed by atoms with Crippen LogP contribution in [0.1, 0.15) is 12.8 Å². The number of para-hydroxylation sites is 1. The van der Waals surface area contributed by atoms with Crippen LogP contribution in [0.3, 0.4) is 0 Å². The van der Waals surface area contributed by atoms with Crippen LogP contribution in [0.4, 0.5) is 0 Å². The highest BCUT2D eigenvalue weighted by Crippen LogP contribution is 2.08. The second kappa shape index (κ2) is 6.24. The van der Waals surface area contributed by atoms with Crippen molar-refractivity contribution in [3.05, 3.63) is 30.3 Å². The summed E-state index contributed by atoms with van der Waals surface area (Å²) in [6.07, 6.45) is 1.54. The van der Waals surface area contributed by atoms with Crippen molar-refractivity contribution in [1.29, 1.82) is 0 Å². The second-order valence-electron chi connectivity index (χ2n) is 3.56. The number of amides is 1. The Bertz CT molecular complexity index is 456. The van der Waals surface area contributed by atoms with E-state index in [4.69, 9.17) is 4.74 Å². The van der Waals surface area contributed by atoms with Gasteiger partial charge in [0.05, 0.1) is 12.9 Å². The third kappa shape index (κ3) is 6.57. The quantitative estimate of drug-likeness (QED) is 0.769. The number of carbonyl (C=O) groups is 1. The van der Waals surface area contributed by atoms with Gasteiger partial charge in [0.2, 0.25) is 15.9 Å². The van der Waals surface area contributed by atoms with Gasteiger partial charge in [-0.2, -0.15) is 0 Å². The maximum atomic E-state index is 11.1. The van der Waals surface area contributed by atoms with Crippen molar-refractivity contribution in [3.8, 4) is 5.75 Å². The van der Waals surface area contributed by atoms with E-state index >= 15 is 0 Å². The molecule has 1 rings (SSSR count). The molecule has 0 saturated heterocycles. The molecule has 0 radical (unpaired) electrons. The molecule has 0 saturated carbocycles. The Morgan fingerprint density at radius 2 is 1.94 bits per heavy atom. The summed E-state index contributed by atoms with van der Waals surface area (Å²) in [5.41, 5.74) is 0. The minimum absolute atomic E-state index is 0.125. The number of rotatable bonds is 6. The van der Waals surface area contributed by atoms with Gasteiger partial charge in [0.15, 0.2) is 0 Å². The van der Waals surface area contributed by atoms with E-state index in [2.05, 4.69) is 0 Å². The zero-order chi connectivity index (χ0) is 12.7. The van der Waals surface area contributed by atoms with E-state index in [-0.39, 0.29) is 6.42 Å². The maximum Gasteiger partial charge on any atom is 0.233 e. The van der Waals surface area contributed by atoms with Crippen LogP contribution in [0.2, 0.25) is 0 Å². The van der Waals surface area contributed by atoms with Gasteiger partial charge in [-0.1, -0.05) is 18.2 Å². The van der Waals surface area contributed by atoms with E-state index in [1.807, 2.05) is 35.1 Å². The summed E-state index contributed by atoms with van der Waals surface area (Å²) in [4.78, 5) is 11.1. The van der Waals surface area contributed by atoms with E-state index in [1.165, 1.54) is 0 Å². The lowest BCUT2D eigenvalue weighted by molar-refractivity contribution is -0.119. The molecule has 94 valence electrons. The molecule has 0 heterocycles. The van der Waals surface area contributed by atoms with Gasteiger partial charge in [0.1, 0.15) is 5.75 Å². The van der Waals surface area contributed by atoms with Crippen LogP contribution in [-0.2, 0) is 14.8 Å². The molecular weight excluding hydrogens is 242 g/mol. The Labute approximate surface area is 101 Å². The molecule has 0 aliphatic rings. The molecule has 0 aromatic heterocycles. The highest BCUT2D eigenvalue weighted by atomic mass is 32.2. The molecule has 0 atom stereocenters. The standard InChI is InChI=1S/C11H15NO4S/c1-17(14,15)12-11(13)8-5-9-16-10-6-3-2-4-7-10/h2-4,6-7H,5,8-9H2,1H3,(H,12,13). The monoisotopic (exact) mass is 257 g/mol. The average Bonchev–Trinajstić information content (AvgIpc) is 2.23. The van der Waals surface area contributed by atoms with E-state index < -0.39 is 15.9 Å². The van der Waals surface area contributed by atoms with Crippen molar-refractivity contribution in [3.63, 3.8) is 0 Å². The van der Waals surface area contributed by atoms with Crippen molar-refractivity contribution < 1.29 is 17.9 Å². The highest BCUT2D eigenvalue weighted by Gasteiger charge is 2.07. The molecular formula is C11H15NO4S. The molecule has 1 amide bonds. The second-order valence-corrected chi connectivity index (χ2v) is 5.31. The fourth-order valence-electron chi connectivity index (χ4n) is 1.20. The Morgan fingerprint density at radius 3 is 2.53 bits per heavy atom. The zero-order valence-electron chi connectivity index (χ0n) is 9.55. The molecule has 1 aromatic rings. The number of sulfonamides is 1. The molecule has 6 heteroatoms. The van der Waals surface area contributed by atoms with Gasteiger partial charge in [-0.05, 0) is 18.6 Å². The number of nitrogens with one attached hydrogen (secondary N) is 1. The molecule has 0 fully saturated rings. The van der Waals surface area contributed by atoms with Crippen molar-refractivity contribution >= 4 is 15.9 Å². The van der Waals surface area contributed by atoms with Gasteiger partial charge >= 0.3 is 0 Å². The van der Waals surface area contributed by atoms with Gasteiger partial charge in [-0.3, -0.25) is 9.52 Å². The Hall–Kier alpha value is -1.56. The molecule has 5 nitrogen and oxygen atoms in total. The predicted molar refractivity (Wildman–Crippen MR) is 64.2 cm³/mol. The van der Waals surface area contributed by atoms with E-state index in [9.17, 15) is 13.2 Å². The Morgan fingerprint density at radius 1 is 1.29 bits per heavy atom. The topological polar surface area (TPSA) is 72.5 Å². The first-order valence-corrected chi connectivity index (χ1v) is 7.05. The molecule has 1 N–H and O–H groups in total. The van der Waals surface area contributed by atoms with Crippen LogP contribution in [0.25, 0.3) is 0 Å². The van der Waals surface area contributed by atoms with E-state index in [0.29, 0.717) is 13.0 Å². The SMILES string of the molecule is CS(=O)(=O)NC(=O)CCCOc1ccccc1. The number of benzene rings is 1. The molecule has 0 unspecified atom stereocenters. The minimum Gasteiger partial charge on any atom is -0.494 e. The highest BCUT2D eigenvalue weighted by molar-refractivity contribution is 7.89. The lowest BCUT2D eigenvalue weighted by Crippen LogP contribution is -2.29. The fourth-order valence-corrected chi connectivity index (χ4v) is 1.71.